The summed E-state index contributed by atoms with van der Waals surface area (Å²) in [6.07, 6.45) is -2.09. The van der Waals surface area contributed by atoms with Crippen LogP contribution in [0.2, 0.25) is 0 Å². The van der Waals surface area contributed by atoms with Gasteiger partial charge < -0.3 is 15.3 Å². The predicted octanol–water partition coefficient (Wildman–Crippen LogP) is 2.19. The van der Waals surface area contributed by atoms with Crippen molar-refractivity contribution >= 4 is 0 Å². The fourth-order valence-corrected chi connectivity index (χ4v) is 1.44. The molecule has 21 heavy (non-hydrogen) atoms. The van der Waals surface area contributed by atoms with Gasteiger partial charge in [-0.25, -0.2) is 0 Å². The topological polar surface area (TPSA) is 108 Å². The van der Waals surface area contributed by atoms with Crippen LogP contribution in [0.4, 0.5) is 0 Å². The number of hydrogen-bond acceptors (Lipinski definition) is 5. The highest BCUT2D eigenvalue weighted by Gasteiger charge is 2.03. The number of nitrogens with zero attached hydrogens (tertiary/aromatic N) is 2. The highest BCUT2D eigenvalue weighted by Crippen LogP contribution is 2.15. The molecule has 0 spiro atoms. The largest absolute Gasteiger partial charge is 0.508 e. The van der Waals surface area contributed by atoms with Gasteiger partial charge in [-0.2, -0.15) is 10.5 Å². The molecular weight excluding hydrogens is 268 g/mol. The van der Waals surface area contributed by atoms with Crippen molar-refractivity contribution in [2.75, 3.05) is 0 Å². The molecule has 0 aromatic heterocycles. The van der Waals surface area contributed by atoms with Crippen molar-refractivity contribution in [3.63, 3.8) is 0 Å². The molecule has 0 aliphatic rings. The van der Waals surface area contributed by atoms with E-state index in [0.29, 0.717) is 11.1 Å². The Kier molecular flexibility index (Phi) is 6.43. The first-order chi connectivity index (χ1) is 10.1. The summed E-state index contributed by atoms with van der Waals surface area (Å²) in [5.74, 6) is 0.124. The fraction of sp³-hybridized carbons (Fsp3) is 0.125. The Hall–Kier alpha value is -2.86. The smallest absolute Gasteiger partial charge is 0.165 e. The molecule has 3 N–H and O–H groups in total. The van der Waals surface area contributed by atoms with Crippen LogP contribution in [0.25, 0.3) is 0 Å². The molecule has 2 unspecified atom stereocenters. The van der Waals surface area contributed by atoms with Gasteiger partial charge in [0.2, 0.25) is 0 Å². The van der Waals surface area contributed by atoms with E-state index in [4.69, 9.17) is 25.8 Å². The molecule has 0 saturated carbocycles. The standard InChI is InChI=1S/C8H7NO2.C8H7NO/c9-5-8(11)6-1-3-7(10)4-2-6;9-6-8(10)7-4-2-1-3-5-7/h1-4,8,10-11H;1-5,8,10H. The lowest BCUT2D eigenvalue weighted by Crippen LogP contribution is -1.91. The second-order valence-corrected chi connectivity index (χ2v) is 4.07. The van der Waals surface area contributed by atoms with Gasteiger partial charge in [0.15, 0.2) is 12.2 Å². The van der Waals surface area contributed by atoms with E-state index >= 15 is 0 Å². The Bertz CT molecular complexity index is 627. The SMILES string of the molecule is N#CC(O)c1ccc(O)cc1.N#CC(O)c1ccccc1. The van der Waals surface area contributed by atoms with Gasteiger partial charge >= 0.3 is 0 Å². The second-order valence-electron chi connectivity index (χ2n) is 4.07. The number of rotatable bonds is 2. The zero-order chi connectivity index (χ0) is 15.7. The fourth-order valence-electron chi connectivity index (χ4n) is 1.44. The van der Waals surface area contributed by atoms with Gasteiger partial charge in [-0.05, 0) is 23.3 Å². The number of hydrogen-bond donors (Lipinski definition) is 3. The van der Waals surface area contributed by atoms with Gasteiger partial charge in [-0.15, -0.1) is 0 Å². The Morgan fingerprint density at radius 1 is 0.714 bits per heavy atom. The van der Waals surface area contributed by atoms with Crippen LogP contribution in [0, 0.1) is 22.7 Å². The molecule has 106 valence electrons. The number of phenols is 1. The summed E-state index contributed by atoms with van der Waals surface area (Å²) in [5, 5.41) is 43.4. The molecule has 0 aliphatic heterocycles. The van der Waals surface area contributed by atoms with Crippen LogP contribution in [0.15, 0.2) is 54.6 Å². The van der Waals surface area contributed by atoms with Crippen LogP contribution in [0.3, 0.4) is 0 Å². The number of phenolic OH excluding ortho intramolecular Hbond substituents is 1. The van der Waals surface area contributed by atoms with Crippen molar-refractivity contribution < 1.29 is 15.3 Å². The monoisotopic (exact) mass is 282 g/mol. The molecule has 5 nitrogen and oxygen atoms in total. The highest BCUT2D eigenvalue weighted by atomic mass is 16.3. The van der Waals surface area contributed by atoms with E-state index in [2.05, 4.69) is 0 Å². The average molecular weight is 282 g/mol. The van der Waals surface area contributed by atoms with Crippen molar-refractivity contribution in [1.82, 2.24) is 0 Å². The van der Waals surface area contributed by atoms with E-state index in [-0.39, 0.29) is 5.75 Å². The van der Waals surface area contributed by atoms with Crippen molar-refractivity contribution in [3.8, 4) is 17.9 Å². The summed E-state index contributed by atoms with van der Waals surface area (Å²) in [5.41, 5.74) is 1.13. The van der Waals surface area contributed by atoms with Crippen molar-refractivity contribution in [2.45, 2.75) is 12.2 Å². The van der Waals surface area contributed by atoms with Crippen molar-refractivity contribution in [1.29, 1.82) is 10.5 Å². The molecule has 0 saturated heterocycles. The van der Waals surface area contributed by atoms with E-state index in [9.17, 15) is 0 Å². The number of aliphatic hydroxyl groups is 2. The minimum absolute atomic E-state index is 0.124. The second kappa shape index (κ2) is 8.34. The average Bonchev–Trinajstić information content (AvgIpc) is 2.55. The first-order valence-electron chi connectivity index (χ1n) is 6.07. The Labute approximate surface area is 122 Å². The van der Waals surface area contributed by atoms with E-state index in [0.717, 1.165) is 0 Å². The predicted molar refractivity (Wildman–Crippen MR) is 75.7 cm³/mol. The molecule has 2 atom stereocenters. The van der Waals surface area contributed by atoms with Gasteiger partial charge in [0, 0.05) is 0 Å². The lowest BCUT2D eigenvalue weighted by molar-refractivity contribution is 0.235. The van der Waals surface area contributed by atoms with Gasteiger partial charge in [0.05, 0.1) is 12.1 Å². The van der Waals surface area contributed by atoms with Crippen LogP contribution in [-0.4, -0.2) is 15.3 Å². The third-order valence-corrected chi connectivity index (χ3v) is 2.57. The molecule has 5 heteroatoms. The van der Waals surface area contributed by atoms with Crippen LogP contribution < -0.4 is 0 Å². The Morgan fingerprint density at radius 3 is 1.57 bits per heavy atom. The molecule has 2 rings (SSSR count). The number of aromatic hydroxyl groups is 1. The van der Waals surface area contributed by atoms with Gasteiger partial charge in [0.1, 0.15) is 5.75 Å². The summed E-state index contributed by atoms with van der Waals surface area (Å²) in [6, 6.07) is 18.1. The first-order valence-corrected chi connectivity index (χ1v) is 6.07. The zero-order valence-corrected chi connectivity index (χ0v) is 11.1. The molecule has 0 fully saturated rings. The highest BCUT2D eigenvalue weighted by molar-refractivity contribution is 5.29. The summed E-state index contributed by atoms with van der Waals surface area (Å²) in [4.78, 5) is 0. The lowest BCUT2D eigenvalue weighted by Gasteiger charge is -2.00. The normalized spacial score (nSPS) is 12.0. The molecular formula is C16H14N2O3. The van der Waals surface area contributed by atoms with Crippen LogP contribution in [-0.2, 0) is 0 Å². The summed E-state index contributed by atoms with van der Waals surface area (Å²) < 4.78 is 0. The molecule has 2 aromatic rings. The third kappa shape index (κ3) is 5.33. The molecule has 0 radical (unpaired) electrons. The maximum absolute atomic E-state index is 8.98. The maximum atomic E-state index is 8.98. The summed E-state index contributed by atoms with van der Waals surface area (Å²) >= 11 is 0. The van der Waals surface area contributed by atoms with E-state index in [1.165, 1.54) is 24.3 Å². The molecule has 0 amide bonds. The van der Waals surface area contributed by atoms with Crippen LogP contribution >= 0.6 is 0 Å². The molecule has 0 bridgehead atoms. The minimum Gasteiger partial charge on any atom is -0.508 e. The quantitative estimate of drug-likeness (QED) is 0.732. The Morgan fingerprint density at radius 2 is 1.14 bits per heavy atom. The summed E-state index contributed by atoms with van der Waals surface area (Å²) in [7, 11) is 0. The first kappa shape index (κ1) is 16.2. The number of aliphatic hydroxyl groups excluding tert-OH is 2. The van der Waals surface area contributed by atoms with E-state index in [1.807, 2.05) is 6.07 Å². The lowest BCUT2D eigenvalue weighted by atomic mass is 10.1. The molecule has 0 heterocycles. The van der Waals surface area contributed by atoms with Crippen LogP contribution in [0.5, 0.6) is 5.75 Å². The number of benzene rings is 2. The Balaban J connectivity index is 0.000000211. The van der Waals surface area contributed by atoms with Crippen molar-refractivity contribution in [2.24, 2.45) is 0 Å². The molecule has 0 aliphatic carbocycles. The van der Waals surface area contributed by atoms with Gasteiger partial charge in [-0.1, -0.05) is 42.5 Å². The summed E-state index contributed by atoms with van der Waals surface area (Å²) in [6.45, 7) is 0. The number of nitriles is 2. The van der Waals surface area contributed by atoms with Gasteiger partial charge in [0.25, 0.3) is 0 Å². The zero-order valence-electron chi connectivity index (χ0n) is 11.1. The van der Waals surface area contributed by atoms with E-state index < -0.39 is 12.2 Å². The maximum Gasteiger partial charge on any atom is 0.165 e. The van der Waals surface area contributed by atoms with Crippen LogP contribution in [0.1, 0.15) is 23.3 Å². The van der Waals surface area contributed by atoms with E-state index in [1.54, 1.807) is 36.4 Å². The molecule has 2 aromatic carbocycles. The van der Waals surface area contributed by atoms with Gasteiger partial charge in [-0.3, -0.25) is 0 Å². The minimum atomic E-state index is -1.10. The third-order valence-electron chi connectivity index (χ3n) is 2.57. The van der Waals surface area contributed by atoms with Crippen molar-refractivity contribution in [3.05, 3.63) is 65.7 Å².